The van der Waals surface area contributed by atoms with Gasteiger partial charge in [-0.1, -0.05) is 0 Å². The first kappa shape index (κ1) is 23.2. The first-order chi connectivity index (χ1) is 7.80. The quantitative estimate of drug-likeness (QED) is 0.511. The van der Waals surface area contributed by atoms with E-state index in [0.29, 0.717) is 0 Å². The van der Waals surface area contributed by atoms with E-state index in [1.807, 2.05) is 0 Å². The Hall–Kier alpha value is 0.951. The summed E-state index contributed by atoms with van der Waals surface area (Å²) in [4.78, 5) is 0. The van der Waals surface area contributed by atoms with E-state index in [1.165, 1.54) is 12.8 Å². The summed E-state index contributed by atoms with van der Waals surface area (Å²) >= 11 is -1.90. The predicted octanol–water partition coefficient (Wildman–Crippen LogP) is -2.96. The van der Waals surface area contributed by atoms with Gasteiger partial charge in [-0.25, -0.2) is 0 Å². The van der Waals surface area contributed by atoms with Crippen molar-refractivity contribution in [3.63, 3.8) is 0 Å². The largest absolute Gasteiger partial charge is 1.00 e. The van der Waals surface area contributed by atoms with Gasteiger partial charge in [0.15, 0.2) is 0 Å². The molecule has 0 amide bonds. The molecule has 0 saturated heterocycles. The number of allylic oxidation sites excluding steroid dienone is 4. The van der Waals surface area contributed by atoms with Gasteiger partial charge in [-0.2, -0.15) is 0 Å². The van der Waals surface area contributed by atoms with Crippen molar-refractivity contribution in [1.82, 2.24) is 3.80 Å². The number of halogens is 2. The van der Waals surface area contributed by atoms with Gasteiger partial charge in [0, 0.05) is 0 Å². The van der Waals surface area contributed by atoms with Gasteiger partial charge in [0.2, 0.25) is 0 Å². The van der Waals surface area contributed by atoms with Gasteiger partial charge in [-0.05, 0) is 11.0 Å². The van der Waals surface area contributed by atoms with Crippen molar-refractivity contribution in [2.75, 3.05) is 0 Å². The zero-order valence-electron chi connectivity index (χ0n) is 12.7. The fourth-order valence-corrected chi connectivity index (χ4v) is 10.6. The van der Waals surface area contributed by atoms with Crippen molar-refractivity contribution in [3.8, 4) is 0 Å². The van der Waals surface area contributed by atoms with Crippen molar-refractivity contribution >= 4 is 11.0 Å². The second kappa shape index (κ2) is 8.55. The standard InChI is InChI=1S/C9H11.C4H10N.2CH3.2ClH.H4Si.Ti/c1-2-5-9-7-3-6-8(9)4-1;1-4(2,3)5;;;;;;/h1-2,4-6,8-9H,3,7H2;5H,1-3H3;2*1H3;2*1H;1H4;/q;-1;;;;;;+3/p-2. The summed E-state index contributed by atoms with van der Waals surface area (Å²) in [7, 11) is 0. The van der Waals surface area contributed by atoms with Crippen molar-refractivity contribution in [1.29, 1.82) is 0 Å². The molecule has 0 radical (unpaired) electrons. The fraction of sp³-hybridized carbons (Fsp3) is 0.733. The summed E-state index contributed by atoms with van der Waals surface area (Å²) in [6, 6.07) is 0. The van der Waals surface area contributed by atoms with Crippen molar-refractivity contribution < 1.29 is 41.7 Å². The molecule has 5 heteroatoms. The summed E-state index contributed by atoms with van der Waals surface area (Å²) in [5, 5.41) is 5.12. The van der Waals surface area contributed by atoms with Crippen LogP contribution in [0.4, 0.5) is 0 Å². The molecule has 0 spiro atoms. The maximum atomic E-state index is 4.00. The second-order valence-electron chi connectivity index (χ2n) is 7.29. The smallest absolute Gasteiger partial charge is 0.0149 e. The molecule has 0 bridgehead atoms. The third kappa shape index (κ3) is 5.62. The van der Waals surface area contributed by atoms with Crippen LogP contribution in [0.3, 0.4) is 0 Å². The maximum absolute atomic E-state index is 4.00. The zero-order chi connectivity index (χ0) is 12.7. The Morgan fingerprint density at radius 3 is 2.10 bits per heavy atom. The molecule has 2 rings (SSSR count). The van der Waals surface area contributed by atoms with E-state index < -0.39 is 16.8 Å². The van der Waals surface area contributed by atoms with Crippen molar-refractivity contribution in [2.45, 2.75) is 53.8 Å². The molecule has 0 aromatic rings. The molecule has 118 valence electrons. The summed E-state index contributed by atoms with van der Waals surface area (Å²) in [5.41, 5.74) is 0.274. The van der Waals surface area contributed by atoms with E-state index in [1.54, 1.807) is 0 Å². The van der Waals surface area contributed by atoms with Crippen molar-refractivity contribution in [2.24, 2.45) is 11.8 Å². The van der Waals surface area contributed by atoms with E-state index in [-0.39, 0.29) is 41.3 Å². The second-order valence-corrected chi connectivity index (χ2v) is 14.2. The molecular formula is C15H31Cl2NSiTi. The van der Waals surface area contributed by atoms with Gasteiger partial charge < -0.3 is 24.8 Å². The third-order valence-electron chi connectivity index (χ3n) is 4.20. The average molecular weight is 372 g/mol. The third-order valence-corrected chi connectivity index (χ3v) is 10.3. The molecule has 0 aromatic heterocycles. The topological polar surface area (TPSA) is 12.0 Å². The van der Waals surface area contributed by atoms with Crippen LogP contribution in [0, 0.1) is 11.8 Å². The predicted molar refractivity (Wildman–Crippen MR) is 84.2 cm³/mol. The minimum absolute atomic E-state index is 0. The van der Waals surface area contributed by atoms with Crippen molar-refractivity contribution in [3.05, 3.63) is 24.3 Å². The number of hydrogen-bond donors (Lipinski definition) is 1. The number of nitrogens with one attached hydrogen (secondary N) is 1. The summed E-state index contributed by atoms with van der Waals surface area (Å²) < 4.78 is 4.94. The summed E-state index contributed by atoms with van der Waals surface area (Å²) in [6.45, 7) is 6.93. The number of rotatable bonds is 2. The Bertz CT molecular complexity index is 350. The van der Waals surface area contributed by atoms with Crippen LogP contribution in [0.5, 0.6) is 0 Å². The monoisotopic (exact) mass is 371 g/mol. The molecule has 0 aromatic carbocycles. The van der Waals surface area contributed by atoms with E-state index in [9.17, 15) is 0 Å². The van der Waals surface area contributed by atoms with Crippen LogP contribution < -0.4 is 28.6 Å². The molecule has 0 aliphatic heterocycles. The molecule has 3 unspecified atom stereocenters. The molecular weight excluding hydrogens is 341 g/mol. The fourth-order valence-electron chi connectivity index (χ4n) is 3.86. The van der Waals surface area contributed by atoms with E-state index in [4.69, 9.17) is 0 Å². The maximum Gasteiger partial charge on any atom is -0.0149 e. The van der Waals surface area contributed by atoms with Gasteiger partial charge in [0.25, 0.3) is 0 Å². The Morgan fingerprint density at radius 2 is 1.55 bits per heavy atom. The number of hydrogen-bond acceptors (Lipinski definition) is 1. The molecule has 1 saturated carbocycles. The summed E-state index contributed by atoms with van der Waals surface area (Å²) in [5.74, 6) is 1.65. The summed E-state index contributed by atoms with van der Waals surface area (Å²) in [6.07, 6.45) is 12.2. The first-order valence-electron chi connectivity index (χ1n) is 6.94. The Kier molecular flexibility index (Phi) is 9.93. The Morgan fingerprint density at radius 1 is 1.00 bits per heavy atom. The van der Waals surface area contributed by atoms with Gasteiger partial charge in [0.05, 0.1) is 0 Å². The van der Waals surface area contributed by atoms with E-state index >= 15 is 0 Å². The SMILES string of the molecule is CC(C)(C)[NH][Ti+2]([CH3])([CH3])[CH]1CCC2C=CC=CC21.[Cl-].[Cl-].[SiH4]. The van der Waals surface area contributed by atoms with Crippen LogP contribution >= 0.6 is 0 Å². The van der Waals surface area contributed by atoms with Gasteiger partial charge in [0.1, 0.15) is 0 Å². The zero-order valence-corrected chi connectivity index (χ0v) is 15.8. The van der Waals surface area contributed by atoms with Gasteiger partial charge in [-0.15, -0.1) is 0 Å². The molecule has 1 N–H and O–H groups in total. The minimum Gasteiger partial charge on any atom is -1.00 e. The van der Waals surface area contributed by atoms with Gasteiger partial charge in [-0.3, -0.25) is 0 Å². The van der Waals surface area contributed by atoms with Crippen LogP contribution in [-0.2, 0) is 16.8 Å². The Labute approximate surface area is 145 Å². The first-order valence-corrected chi connectivity index (χ1v) is 11.7. The van der Waals surface area contributed by atoms with Crippen LogP contribution in [0.2, 0.25) is 14.7 Å². The molecule has 0 heterocycles. The normalized spacial score (nSPS) is 27.1. The number of fused-ring (bicyclic) bond motifs is 1. The molecule has 2 aliphatic carbocycles. The molecule has 2 aliphatic rings. The molecule has 3 atom stereocenters. The molecule has 1 nitrogen and oxygen atoms in total. The molecule has 20 heavy (non-hydrogen) atoms. The van der Waals surface area contributed by atoms with Gasteiger partial charge >= 0.3 is 111 Å². The minimum atomic E-state index is -1.90. The van der Waals surface area contributed by atoms with Crippen LogP contribution in [-0.4, -0.2) is 16.5 Å². The van der Waals surface area contributed by atoms with Crippen LogP contribution in [0.25, 0.3) is 0 Å². The van der Waals surface area contributed by atoms with Crippen LogP contribution in [0.15, 0.2) is 24.3 Å². The van der Waals surface area contributed by atoms with Crippen LogP contribution in [0.1, 0.15) is 33.6 Å². The Balaban J connectivity index is 0. The molecule has 1 fully saturated rings. The van der Waals surface area contributed by atoms with E-state index in [0.717, 1.165) is 16.1 Å². The van der Waals surface area contributed by atoms with E-state index in [2.05, 4.69) is 59.3 Å². The average Bonchev–Trinajstić information content (AvgIpc) is 2.57.